The van der Waals surface area contributed by atoms with Crippen molar-refractivity contribution in [1.82, 2.24) is 15.5 Å². The number of fused-ring (bicyclic) bond motifs is 1. The van der Waals surface area contributed by atoms with Crippen LogP contribution in [0.15, 0.2) is 24.3 Å². The average molecular weight is 250 g/mol. The summed E-state index contributed by atoms with van der Waals surface area (Å²) in [7, 11) is 0. The minimum atomic E-state index is 0. The van der Waals surface area contributed by atoms with Gasteiger partial charge in [-0.05, 0) is 6.92 Å². The van der Waals surface area contributed by atoms with E-state index in [2.05, 4.69) is 46.7 Å². The summed E-state index contributed by atoms with van der Waals surface area (Å²) in [6.45, 7) is 4.07. The lowest BCUT2D eigenvalue weighted by Gasteiger charge is -2.13. The van der Waals surface area contributed by atoms with Crippen LogP contribution in [-0.4, -0.2) is 16.7 Å². The summed E-state index contributed by atoms with van der Waals surface area (Å²) in [6, 6.07) is 8.54. The number of aromatic amines is 1. The van der Waals surface area contributed by atoms with Crippen molar-refractivity contribution in [3.05, 3.63) is 41.1 Å². The molecule has 90 valence electrons. The highest BCUT2D eigenvalue weighted by Crippen LogP contribution is 2.25. The quantitative estimate of drug-likeness (QED) is 0.815. The van der Waals surface area contributed by atoms with Crippen molar-refractivity contribution < 1.29 is 0 Å². The average Bonchev–Trinajstić information content (AvgIpc) is 2.74. The molecule has 4 heteroatoms. The minimum Gasteiger partial charge on any atom is -0.312 e. The standard InChI is InChI=1S/C13H15N3.ClH/c1-9-2-4-10(5-3-9)13-11-8-14-7-6-12(11)15-16-13;/h2-5,14H,6-8H2,1H3,(H,15,16);1H. The second-order valence-electron chi connectivity index (χ2n) is 4.32. The van der Waals surface area contributed by atoms with Crippen LogP contribution in [0.4, 0.5) is 0 Å². The summed E-state index contributed by atoms with van der Waals surface area (Å²) in [5.74, 6) is 0. The first-order chi connectivity index (χ1) is 7.84. The van der Waals surface area contributed by atoms with Gasteiger partial charge in [0.25, 0.3) is 0 Å². The number of hydrogen-bond donors (Lipinski definition) is 2. The molecule has 1 aromatic heterocycles. The van der Waals surface area contributed by atoms with Gasteiger partial charge in [0, 0.05) is 36.3 Å². The number of rotatable bonds is 1. The first kappa shape index (κ1) is 12.1. The van der Waals surface area contributed by atoms with Crippen molar-refractivity contribution in [2.75, 3.05) is 6.54 Å². The Morgan fingerprint density at radius 1 is 1.18 bits per heavy atom. The number of hydrogen-bond acceptors (Lipinski definition) is 2. The van der Waals surface area contributed by atoms with Crippen LogP contribution in [0.2, 0.25) is 0 Å². The van der Waals surface area contributed by atoms with Crippen molar-refractivity contribution in [2.24, 2.45) is 0 Å². The smallest absolute Gasteiger partial charge is 0.0968 e. The van der Waals surface area contributed by atoms with Crippen LogP contribution >= 0.6 is 12.4 Å². The third-order valence-electron chi connectivity index (χ3n) is 3.13. The Morgan fingerprint density at radius 3 is 2.71 bits per heavy atom. The van der Waals surface area contributed by atoms with Gasteiger partial charge in [-0.2, -0.15) is 5.10 Å². The van der Waals surface area contributed by atoms with Crippen LogP contribution in [0, 0.1) is 6.92 Å². The molecule has 0 saturated heterocycles. The number of halogens is 1. The molecule has 3 nitrogen and oxygen atoms in total. The predicted octanol–water partition coefficient (Wildman–Crippen LogP) is 2.45. The van der Waals surface area contributed by atoms with E-state index in [1.54, 1.807) is 0 Å². The van der Waals surface area contributed by atoms with E-state index in [9.17, 15) is 0 Å². The highest BCUT2D eigenvalue weighted by Gasteiger charge is 2.17. The van der Waals surface area contributed by atoms with Gasteiger partial charge in [-0.3, -0.25) is 5.10 Å². The van der Waals surface area contributed by atoms with Crippen molar-refractivity contribution in [3.63, 3.8) is 0 Å². The molecule has 2 N–H and O–H groups in total. The first-order valence-electron chi connectivity index (χ1n) is 5.68. The van der Waals surface area contributed by atoms with Crippen LogP contribution in [0.5, 0.6) is 0 Å². The highest BCUT2D eigenvalue weighted by atomic mass is 35.5. The Morgan fingerprint density at radius 2 is 1.94 bits per heavy atom. The molecule has 1 aliphatic heterocycles. The summed E-state index contributed by atoms with van der Waals surface area (Å²) in [5, 5.41) is 11.0. The zero-order chi connectivity index (χ0) is 11.0. The summed E-state index contributed by atoms with van der Waals surface area (Å²) < 4.78 is 0. The van der Waals surface area contributed by atoms with Crippen LogP contribution in [-0.2, 0) is 13.0 Å². The van der Waals surface area contributed by atoms with Gasteiger partial charge in [-0.15, -0.1) is 12.4 Å². The molecule has 0 bridgehead atoms. The third-order valence-corrected chi connectivity index (χ3v) is 3.13. The number of nitrogens with zero attached hydrogens (tertiary/aromatic N) is 1. The molecule has 0 fully saturated rings. The fourth-order valence-electron chi connectivity index (χ4n) is 2.18. The van der Waals surface area contributed by atoms with Gasteiger partial charge < -0.3 is 5.32 Å². The van der Waals surface area contributed by atoms with Crippen molar-refractivity contribution >= 4 is 12.4 Å². The van der Waals surface area contributed by atoms with Crippen molar-refractivity contribution in [1.29, 1.82) is 0 Å². The molecule has 0 amide bonds. The van der Waals surface area contributed by atoms with Gasteiger partial charge in [0.2, 0.25) is 0 Å². The molecule has 1 aliphatic rings. The van der Waals surface area contributed by atoms with E-state index in [1.807, 2.05) is 0 Å². The monoisotopic (exact) mass is 249 g/mol. The summed E-state index contributed by atoms with van der Waals surface area (Å²) in [4.78, 5) is 0. The molecule has 3 rings (SSSR count). The molecule has 0 aliphatic carbocycles. The van der Waals surface area contributed by atoms with E-state index >= 15 is 0 Å². The number of H-pyrrole nitrogens is 1. The zero-order valence-electron chi connectivity index (χ0n) is 9.79. The lowest BCUT2D eigenvalue weighted by atomic mass is 10.0. The van der Waals surface area contributed by atoms with Gasteiger partial charge >= 0.3 is 0 Å². The number of nitrogens with one attached hydrogen (secondary N) is 2. The maximum Gasteiger partial charge on any atom is 0.0968 e. The SMILES string of the molecule is Cc1ccc(-c2n[nH]c3c2CNCC3)cc1.Cl. The Kier molecular flexibility index (Phi) is 3.50. The predicted molar refractivity (Wildman–Crippen MR) is 71.4 cm³/mol. The van der Waals surface area contributed by atoms with Gasteiger partial charge in [0.1, 0.15) is 0 Å². The van der Waals surface area contributed by atoms with Gasteiger partial charge in [0.05, 0.1) is 5.69 Å². The van der Waals surface area contributed by atoms with E-state index in [1.165, 1.54) is 22.4 Å². The van der Waals surface area contributed by atoms with E-state index in [-0.39, 0.29) is 12.4 Å². The normalized spacial score (nSPS) is 13.9. The second-order valence-corrected chi connectivity index (χ2v) is 4.32. The zero-order valence-corrected chi connectivity index (χ0v) is 10.6. The number of benzene rings is 1. The molecule has 0 saturated carbocycles. The van der Waals surface area contributed by atoms with Crippen LogP contribution in [0.3, 0.4) is 0 Å². The maximum absolute atomic E-state index is 4.43. The number of aromatic nitrogens is 2. The fraction of sp³-hybridized carbons (Fsp3) is 0.308. The molecule has 2 aromatic rings. The van der Waals surface area contributed by atoms with E-state index in [4.69, 9.17) is 0 Å². The maximum atomic E-state index is 4.43. The van der Waals surface area contributed by atoms with Gasteiger partial charge in [-0.25, -0.2) is 0 Å². The number of aryl methyl sites for hydroxylation is 1. The Hall–Kier alpha value is -1.32. The van der Waals surface area contributed by atoms with Gasteiger partial charge in [0.15, 0.2) is 0 Å². The molecule has 0 unspecified atom stereocenters. The largest absolute Gasteiger partial charge is 0.312 e. The van der Waals surface area contributed by atoms with Crippen molar-refractivity contribution in [3.8, 4) is 11.3 Å². The second kappa shape index (κ2) is 4.90. The Bertz CT molecular complexity index is 502. The van der Waals surface area contributed by atoms with Crippen LogP contribution < -0.4 is 5.32 Å². The molecule has 17 heavy (non-hydrogen) atoms. The molecular formula is C13H16ClN3. The molecule has 2 heterocycles. The molecule has 0 spiro atoms. The topological polar surface area (TPSA) is 40.7 Å². The third kappa shape index (κ3) is 2.21. The van der Waals surface area contributed by atoms with Crippen LogP contribution in [0.1, 0.15) is 16.8 Å². The van der Waals surface area contributed by atoms with Gasteiger partial charge in [-0.1, -0.05) is 29.8 Å². The molecule has 1 aromatic carbocycles. The lowest BCUT2D eigenvalue weighted by Crippen LogP contribution is -2.23. The van der Waals surface area contributed by atoms with E-state index in [0.29, 0.717) is 0 Å². The Balaban J connectivity index is 0.00000108. The fourth-order valence-corrected chi connectivity index (χ4v) is 2.18. The summed E-state index contributed by atoms with van der Waals surface area (Å²) in [5.41, 5.74) is 6.20. The molecule has 0 radical (unpaired) electrons. The Labute approximate surface area is 107 Å². The van der Waals surface area contributed by atoms with Crippen molar-refractivity contribution in [2.45, 2.75) is 19.9 Å². The highest BCUT2D eigenvalue weighted by molar-refractivity contribution is 5.85. The van der Waals surface area contributed by atoms with E-state index in [0.717, 1.165) is 25.2 Å². The molecule has 0 atom stereocenters. The van der Waals surface area contributed by atoms with Crippen LogP contribution in [0.25, 0.3) is 11.3 Å². The first-order valence-corrected chi connectivity index (χ1v) is 5.68. The molecular weight excluding hydrogens is 234 g/mol. The van der Waals surface area contributed by atoms with E-state index < -0.39 is 0 Å². The lowest BCUT2D eigenvalue weighted by molar-refractivity contribution is 0.637. The summed E-state index contributed by atoms with van der Waals surface area (Å²) in [6.07, 6.45) is 1.05. The minimum absolute atomic E-state index is 0. The summed E-state index contributed by atoms with van der Waals surface area (Å²) >= 11 is 0.